The lowest BCUT2D eigenvalue weighted by Crippen LogP contribution is -2.55. The Morgan fingerprint density at radius 3 is 2.64 bits per heavy atom. The smallest absolute Gasteiger partial charge is 0.0317 e. The number of hydrogen-bond donors (Lipinski definition) is 2. The van der Waals surface area contributed by atoms with E-state index >= 15 is 0 Å². The summed E-state index contributed by atoms with van der Waals surface area (Å²) in [4.78, 5) is 0. The molecule has 0 atom stereocenters. The molecule has 1 aliphatic rings. The van der Waals surface area contributed by atoms with Gasteiger partial charge in [0.25, 0.3) is 0 Å². The number of rotatable bonds is 5. The van der Waals surface area contributed by atoms with Crippen molar-refractivity contribution >= 4 is 0 Å². The summed E-state index contributed by atoms with van der Waals surface area (Å²) in [5.74, 6) is 0. The minimum absolute atomic E-state index is 0.728. The minimum Gasteiger partial charge on any atom is -0.314 e. The van der Waals surface area contributed by atoms with E-state index in [2.05, 4.69) is 41.0 Å². The van der Waals surface area contributed by atoms with E-state index < -0.39 is 0 Å². The van der Waals surface area contributed by atoms with E-state index in [1.807, 2.05) is 0 Å². The maximum atomic E-state index is 3.53. The van der Waals surface area contributed by atoms with E-state index in [-0.39, 0.29) is 0 Å². The third-order valence-electron chi connectivity index (χ3n) is 2.70. The van der Waals surface area contributed by atoms with Gasteiger partial charge < -0.3 is 10.6 Å². The SMILES string of the molecule is c1ccc(CCCNC2CNC2)cc1. The Hall–Kier alpha value is -0.860. The van der Waals surface area contributed by atoms with Crippen molar-refractivity contribution in [2.45, 2.75) is 18.9 Å². The predicted molar refractivity (Wildman–Crippen MR) is 59.4 cm³/mol. The maximum absolute atomic E-state index is 3.53. The first-order valence-electron chi connectivity index (χ1n) is 5.43. The lowest BCUT2D eigenvalue weighted by atomic mass is 10.1. The minimum atomic E-state index is 0.728. The number of nitrogens with one attached hydrogen (secondary N) is 2. The highest BCUT2D eigenvalue weighted by Crippen LogP contribution is 2.01. The summed E-state index contributed by atoms with van der Waals surface area (Å²) in [7, 11) is 0. The van der Waals surface area contributed by atoms with E-state index in [0.29, 0.717) is 0 Å². The summed E-state index contributed by atoms with van der Waals surface area (Å²) in [6.45, 7) is 3.43. The standard InChI is InChI=1S/C12H18N2/c1-2-5-11(6-3-1)7-4-8-14-12-9-13-10-12/h1-3,5-6,12-14H,4,7-10H2. The Morgan fingerprint density at radius 1 is 1.21 bits per heavy atom. The third kappa shape index (κ3) is 2.82. The van der Waals surface area contributed by atoms with Crippen molar-refractivity contribution < 1.29 is 0 Å². The first kappa shape index (κ1) is 9.69. The molecule has 1 aromatic rings. The van der Waals surface area contributed by atoms with Crippen molar-refractivity contribution in [1.82, 2.24) is 10.6 Å². The monoisotopic (exact) mass is 190 g/mol. The summed E-state index contributed by atoms with van der Waals surface area (Å²) >= 11 is 0. The molecule has 0 amide bonds. The largest absolute Gasteiger partial charge is 0.314 e. The van der Waals surface area contributed by atoms with Gasteiger partial charge in [-0.25, -0.2) is 0 Å². The molecule has 0 aliphatic carbocycles. The second-order valence-corrected chi connectivity index (χ2v) is 3.90. The lowest BCUT2D eigenvalue weighted by Gasteiger charge is -2.28. The van der Waals surface area contributed by atoms with Crippen LogP contribution in [0.5, 0.6) is 0 Å². The topological polar surface area (TPSA) is 24.1 Å². The first-order valence-corrected chi connectivity index (χ1v) is 5.43. The van der Waals surface area contributed by atoms with Crippen LogP contribution in [0.15, 0.2) is 30.3 Å². The predicted octanol–water partition coefficient (Wildman–Crippen LogP) is 1.18. The second-order valence-electron chi connectivity index (χ2n) is 3.90. The summed E-state index contributed by atoms with van der Waals surface area (Å²) in [6.07, 6.45) is 2.43. The van der Waals surface area contributed by atoms with Crippen LogP contribution in [0.25, 0.3) is 0 Å². The van der Waals surface area contributed by atoms with Gasteiger partial charge in [-0.2, -0.15) is 0 Å². The molecule has 1 saturated heterocycles. The van der Waals surface area contributed by atoms with Crippen LogP contribution in [0.4, 0.5) is 0 Å². The average molecular weight is 190 g/mol. The highest BCUT2D eigenvalue weighted by atomic mass is 15.1. The number of benzene rings is 1. The van der Waals surface area contributed by atoms with Crippen LogP contribution < -0.4 is 10.6 Å². The van der Waals surface area contributed by atoms with Crippen molar-refractivity contribution in [3.8, 4) is 0 Å². The quantitative estimate of drug-likeness (QED) is 0.681. The Morgan fingerprint density at radius 2 is 2.00 bits per heavy atom. The van der Waals surface area contributed by atoms with Crippen LogP contribution in [-0.2, 0) is 6.42 Å². The fraction of sp³-hybridized carbons (Fsp3) is 0.500. The summed E-state index contributed by atoms with van der Waals surface area (Å²) in [5.41, 5.74) is 1.45. The summed E-state index contributed by atoms with van der Waals surface area (Å²) in [6, 6.07) is 11.4. The molecule has 2 nitrogen and oxygen atoms in total. The molecule has 1 aromatic carbocycles. The molecule has 1 fully saturated rings. The molecule has 0 aromatic heterocycles. The number of hydrogen-bond acceptors (Lipinski definition) is 2. The van der Waals surface area contributed by atoms with Crippen LogP contribution in [0.2, 0.25) is 0 Å². The molecular formula is C12H18N2. The molecule has 1 heterocycles. The zero-order valence-corrected chi connectivity index (χ0v) is 8.50. The molecular weight excluding hydrogens is 172 g/mol. The fourth-order valence-corrected chi connectivity index (χ4v) is 1.68. The molecule has 14 heavy (non-hydrogen) atoms. The number of aryl methyl sites for hydroxylation is 1. The lowest BCUT2D eigenvalue weighted by molar-refractivity contribution is 0.365. The Labute approximate surface area is 85.7 Å². The molecule has 76 valence electrons. The second kappa shape index (κ2) is 5.13. The van der Waals surface area contributed by atoms with Crippen molar-refractivity contribution in [3.05, 3.63) is 35.9 Å². The zero-order valence-electron chi connectivity index (χ0n) is 8.50. The van der Waals surface area contributed by atoms with E-state index in [0.717, 1.165) is 25.7 Å². The van der Waals surface area contributed by atoms with Gasteiger partial charge in [-0.05, 0) is 24.9 Å². The molecule has 0 radical (unpaired) electrons. The van der Waals surface area contributed by atoms with Gasteiger partial charge in [0.05, 0.1) is 0 Å². The first-order chi connectivity index (χ1) is 6.95. The van der Waals surface area contributed by atoms with Crippen molar-refractivity contribution in [3.63, 3.8) is 0 Å². The van der Waals surface area contributed by atoms with Gasteiger partial charge in [0.2, 0.25) is 0 Å². The van der Waals surface area contributed by atoms with Crippen molar-refractivity contribution in [1.29, 1.82) is 0 Å². The Balaban J connectivity index is 1.58. The van der Waals surface area contributed by atoms with Crippen LogP contribution in [-0.4, -0.2) is 25.7 Å². The van der Waals surface area contributed by atoms with Crippen LogP contribution >= 0.6 is 0 Å². The Kier molecular flexibility index (Phi) is 3.55. The van der Waals surface area contributed by atoms with Gasteiger partial charge in [0, 0.05) is 19.1 Å². The Bertz CT molecular complexity index is 254. The molecule has 2 rings (SSSR count). The summed E-state index contributed by atoms with van der Waals surface area (Å²) < 4.78 is 0. The van der Waals surface area contributed by atoms with Crippen molar-refractivity contribution in [2.24, 2.45) is 0 Å². The van der Waals surface area contributed by atoms with Crippen LogP contribution in [0, 0.1) is 0 Å². The highest BCUT2D eigenvalue weighted by molar-refractivity contribution is 5.14. The van der Waals surface area contributed by atoms with E-state index in [4.69, 9.17) is 0 Å². The fourth-order valence-electron chi connectivity index (χ4n) is 1.68. The normalized spacial score (nSPS) is 16.6. The third-order valence-corrected chi connectivity index (χ3v) is 2.70. The van der Waals surface area contributed by atoms with E-state index in [1.165, 1.54) is 18.4 Å². The molecule has 0 unspecified atom stereocenters. The highest BCUT2D eigenvalue weighted by Gasteiger charge is 2.14. The van der Waals surface area contributed by atoms with E-state index in [9.17, 15) is 0 Å². The molecule has 1 aliphatic heterocycles. The van der Waals surface area contributed by atoms with Gasteiger partial charge in [-0.15, -0.1) is 0 Å². The van der Waals surface area contributed by atoms with Gasteiger partial charge >= 0.3 is 0 Å². The molecule has 2 N–H and O–H groups in total. The molecule has 2 heteroatoms. The molecule has 0 saturated carbocycles. The molecule has 0 bridgehead atoms. The van der Waals surface area contributed by atoms with Crippen LogP contribution in [0.1, 0.15) is 12.0 Å². The van der Waals surface area contributed by atoms with Crippen molar-refractivity contribution in [2.75, 3.05) is 19.6 Å². The van der Waals surface area contributed by atoms with Gasteiger partial charge in [-0.3, -0.25) is 0 Å². The molecule has 0 spiro atoms. The van der Waals surface area contributed by atoms with Gasteiger partial charge in [0.15, 0.2) is 0 Å². The zero-order chi connectivity index (χ0) is 9.64. The van der Waals surface area contributed by atoms with Gasteiger partial charge in [-0.1, -0.05) is 30.3 Å². The van der Waals surface area contributed by atoms with E-state index in [1.54, 1.807) is 0 Å². The van der Waals surface area contributed by atoms with Gasteiger partial charge in [0.1, 0.15) is 0 Å². The maximum Gasteiger partial charge on any atom is 0.0317 e. The van der Waals surface area contributed by atoms with Crippen LogP contribution in [0.3, 0.4) is 0 Å². The summed E-state index contributed by atoms with van der Waals surface area (Å²) in [5, 5.41) is 6.78. The average Bonchev–Trinajstić information content (AvgIpc) is 2.16.